The molecule has 6 nitrogen and oxygen atoms in total. The number of ether oxygens (including phenoxy) is 3. The SMILES string of the molecule is CCOc1ccc(CNC(=NC)NCc2ccc(C)cc2OCCOC)cc1F. The van der Waals surface area contributed by atoms with Crippen LogP contribution in [0.5, 0.6) is 11.5 Å². The first-order chi connectivity index (χ1) is 14.1. The summed E-state index contributed by atoms with van der Waals surface area (Å²) in [5.74, 6) is 1.33. The summed E-state index contributed by atoms with van der Waals surface area (Å²) in [5, 5.41) is 6.45. The van der Waals surface area contributed by atoms with E-state index in [0.29, 0.717) is 38.9 Å². The summed E-state index contributed by atoms with van der Waals surface area (Å²) < 4.78 is 30.1. The maximum Gasteiger partial charge on any atom is 0.191 e. The minimum absolute atomic E-state index is 0.263. The van der Waals surface area contributed by atoms with Crippen molar-refractivity contribution in [3.8, 4) is 11.5 Å². The predicted molar refractivity (Wildman–Crippen MR) is 113 cm³/mol. The Bertz CT molecular complexity index is 812. The molecule has 0 aromatic heterocycles. The van der Waals surface area contributed by atoms with Crippen LogP contribution in [-0.2, 0) is 17.8 Å². The van der Waals surface area contributed by atoms with E-state index in [1.807, 2.05) is 38.1 Å². The molecule has 0 saturated carbocycles. The first-order valence-corrected chi connectivity index (χ1v) is 9.64. The molecule has 0 amide bonds. The van der Waals surface area contributed by atoms with Crippen molar-refractivity contribution in [2.75, 3.05) is 34.0 Å². The second kappa shape index (κ2) is 11.9. The fourth-order valence-corrected chi connectivity index (χ4v) is 2.69. The minimum atomic E-state index is -0.369. The van der Waals surface area contributed by atoms with E-state index in [4.69, 9.17) is 14.2 Å². The van der Waals surface area contributed by atoms with Crippen molar-refractivity contribution in [1.29, 1.82) is 0 Å². The second-order valence-corrected chi connectivity index (χ2v) is 6.43. The molecule has 0 heterocycles. The summed E-state index contributed by atoms with van der Waals surface area (Å²) in [7, 11) is 3.34. The number of nitrogens with zero attached hydrogens (tertiary/aromatic N) is 1. The molecule has 158 valence electrons. The minimum Gasteiger partial charge on any atom is -0.491 e. The Labute approximate surface area is 172 Å². The molecule has 2 aromatic carbocycles. The average molecular weight is 403 g/mol. The van der Waals surface area contributed by atoms with Gasteiger partial charge in [-0.1, -0.05) is 18.2 Å². The molecule has 2 N–H and O–H groups in total. The Morgan fingerprint density at radius 1 is 1.00 bits per heavy atom. The summed E-state index contributed by atoms with van der Waals surface area (Å²) in [6.45, 7) is 6.28. The number of halogens is 1. The van der Waals surface area contributed by atoms with E-state index < -0.39 is 0 Å². The molecule has 0 aliphatic rings. The van der Waals surface area contributed by atoms with Crippen LogP contribution in [0.15, 0.2) is 41.4 Å². The van der Waals surface area contributed by atoms with Crippen molar-refractivity contribution >= 4 is 5.96 Å². The van der Waals surface area contributed by atoms with Gasteiger partial charge in [0.15, 0.2) is 17.5 Å². The van der Waals surface area contributed by atoms with Gasteiger partial charge in [-0.25, -0.2) is 4.39 Å². The van der Waals surface area contributed by atoms with Gasteiger partial charge < -0.3 is 24.8 Å². The molecule has 0 radical (unpaired) electrons. The van der Waals surface area contributed by atoms with Crippen LogP contribution in [0.3, 0.4) is 0 Å². The number of guanidine groups is 1. The van der Waals surface area contributed by atoms with Gasteiger partial charge in [0, 0.05) is 32.8 Å². The Balaban J connectivity index is 1.93. The Kier molecular flexibility index (Phi) is 9.24. The normalized spacial score (nSPS) is 11.3. The topological polar surface area (TPSA) is 64.1 Å². The average Bonchev–Trinajstić information content (AvgIpc) is 2.71. The highest BCUT2D eigenvalue weighted by Crippen LogP contribution is 2.20. The first-order valence-electron chi connectivity index (χ1n) is 9.64. The van der Waals surface area contributed by atoms with Crippen LogP contribution in [0.2, 0.25) is 0 Å². The van der Waals surface area contributed by atoms with Crippen LogP contribution in [0.4, 0.5) is 4.39 Å². The molecule has 0 aliphatic carbocycles. The zero-order valence-electron chi connectivity index (χ0n) is 17.5. The highest BCUT2D eigenvalue weighted by atomic mass is 19.1. The van der Waals surface area contributed by atoms with Gasteiger partial charge in [-0.3, -0.25) is 4.99 Å². The van der Waals surface area contributed by atoms with Crippen LogP contribution in [0, 0.1) is 12.7 Å². The van der Waals surface area contributed by atoms with Crippen molar-refractivity contribution in [1.82, 2.24) is 10.6 Å². The molecule has 0 spiro atoms. The van der Waals surface area contributed by atoms with E-state index >= 15 is 0 Å². The third-order valence-corrected chi connectivity index (χ3v) is 4.19. The maximum atomic E-state index is 14.0. The Morgan fingerprint density at radius 2 is 1.79 bits per heavy atom. The van der Waals surface area contributed by atoms with Crippen LogP contribution in [-0.4, -0.2) is 39.9 Å². The van der Waals surface area contributed by atoms with E-state index in [9.17, 15) is 4.39 Å². The Hall–Kier alpha value is -2.80. The van der Waals surface area contributed by atoms with Gasteiger partial charge in [0.2, 0.25) is 0 Å². The van der Waals surface area contributed by atoms with E-state index in [0.717, 1.165) is 22.4 Å². The quantitative estimate of drug-likeness (QED) is 0.362. The molecule has 0 bridgehead atoms. The van der Waals surface area contributed by atoms with Crippen molar-refractivity contribution in [2.45, 2.75) is 26.9 Å². The zero-order chi connectivity index (χ0) is 21.1. The largest absolute Gasteiger partial charge is 0.491 e. The number of nitrogens with one attached hydrogen (secondary N) is 2. The standard InChI is InChI=1S/C22H30FN3O3/c1-5-28-20-9-7-17(13-19(20)23)14-25-22(24-3)26-15-18-8-6-16(2)12-21(18)29-11-10-27-4/h6-9,12-13H,5,10-11,14-15H2,1-4H3,(H2,24,25,26). The number of benzene rings is 2. The lowest BCUT2D eigenvalue weighted by atomic mass is 10.1. The molecular formula is C22H30FN3O3. The molecule has 29 heavy (non-hydrogen) atoms. The van der Waals surface area contributed by atoms with Gasteiger partial charge in [-0.05, 0) is 43.2 Å². The van der Waals surface area contributed by atoms with Crippen LogP contribution in [0.25, 0.3) is 0 Å². The van der Waals surface area contributed by atoms with Gasteiger partial charge >= 0.3 is 0 Å². The van der Waals surface area contributed by atoms with Crippen molar-refractivity contribution < 1.29 is 18.6 Å². The number of methoxy groups -OCH3 is 1. The summed E-state index contributed by atoms with van der Waals surface area (Å²) in [6.07, 6.45) is 0. The molecule has 0 unspecified atom stereocenters. The summed E-state index contributed by atoms with van der Waals surface area (Å²) in [6, 6.07) is 11.0. The number of hydrogen-bond acceptors (Lipinski definition) is 4. The molecule has 0 saturated heterocycles. The number of rotatable bonds is 10. The fourth-order valence-electron chi connectivity index (χ4n) is 2.69. The maximum absolute atomic E-state index is 14.0. The van der Waals surface area contributed by atoms with Gasteiger partial charge in [0.25, 0.3) is 0 Å². The van der Waals surface area contributed by atoms with Crippen molar-refractivity contribution in [2.24, 2.45) is 4.99 Å². The van der Waals surface area contributed by atoms with E-state index in [-0.39, 0.29) is 11.6 Å². The Morgan fingerprint density at radius 3 is 2.48 bits per heavy atom. The third kappa shape index (κ3) is 7.27. The van der Waals surface area contributed by atoms with Crippen LogP contribution >= 0.6 is 0 Å². The molecule has 2 aromatic rings. The predicted octanol–water partition coefficient (Wildman–Crippen LogP) is 3.42. The smallest absolute Gasteiger partial charge is 0.191 e. The monoisotopic (exact) mass is 403 g/mol. The zero-order valence-corrected chi connectivity index (χ0v) is 17.5. The van der Waals surface area contributed by atoms with Crippen LogP contribution in [0.1, 0.15) is 23.6 Å². The third-order valence-electron chi connectivity index (χ3n) is 4.19. The summed E-state index contributed by atoms with van der Waals surface area (Å²) >= 11 is 0. The van der Waals surface area contributed by atoms with Gasteiger partial charge in [0.1, 0.15) is 12.4 Å². The molecule has 7 heteroatoms. The highest BCUT2D eigenvalue weighted by molar-refractivity contribution is 5.79. The van der Waals surface area contributed by atoms with E-state index in [2.05, 4.69) is 15.6 Å². The molecule has 0 aliphatic heterocycles. The molecule has 0 atom stereocenters. The first kappa shape index (κ1) is 22.5. The van der Waals surface area contributed by atoms with Gasteiger partial charge in [-0.2, -0.15) is 0 Å². The number of aliphatic imine (C=N–C) groups is 1. The van der Waals surface area contributed by atoms with Crippen molar-refractivity contribution in [3.63, 3.8) is 0 Å². The lowest BCUT2D eigenvalue weighted by Gasteiger charge is -2.16. The van der Waals surface area contributed by atoms with E-state index in [1.165, 1.54) is 6.07 Å². The number of hydrogen-bond donors (Lipinski definition) is 2. The van der Waals surface area contributed by atoms with Crippen molar-refractivity contribution in [3.05, 3.63) is 58.9 Å². The van der Waals surface area contributed by atoms with Crippen LogP contribution < -0.4 is 20.1 Å². The lowest BCUT2D eigenvalue weighted by molar-refractivity contribution is 0.145. The lowest BCUT2D eigenvalue weighted by Crippen LogP contribution is -2.36. The highest BCUT2D eigenvalue weighted by Gasteiger charge is 2.08. The summed E-state index contributed by atoms with van der Waals surface area (Å²) in [4.78, 5) is 4.23. The van der Waals surface area contributed by atoms with Gasteiger partial charge in [0.05, 0.1) is 13.2 Å². The fraction of sp³-hybridized carbons (Fsp3) is 0.409. The summed E-state index contributed by atoms with van der Waals surface area (Å²) in [5.41, 5.74) is 2.94. The molecule has 0 fully saturated rings. The van der Waals surface area contributed by atoms with Gasteiger partial charge in [-0.15, -0.1) is 0 Å². The van der Waals surface area contributed by atoms with E-state index in [1.54, 1.807) is 20.2 Å². The second-order valence-electron chi connectivity index (χ2n) is 6.43. The molecular weight excluding hydrogens is 373 g/mol. The molecule has 2 rings (SSSR count). The number of aryl methyl sites for hydroxylation is 1.